The molecule has 0 saturated heterocycles. The summed E-state index contributed by atoms with van der Waals surface area (Å²) >= 11 is 0. The van der Waals surface area contributed by atoms with Crippen molar-refractivity contribution in [2.24, 2.45) is 0 Å². The molecule has 0 aliphatic heterocycles. The number of benzene rings is 1. The number of nitrogens with zero attached hydrogens (tertiary/aromatic N) is 4. The van der Waals surface area contributed by atoms with Crippen LogP contribution in [0.2, 0.25) is 0 Å². The molecule has 0 spiro atoms. The zero-order valence-corrected chi connectivity index (χ0v) is 14.5. The molecule has 26 heavy (non-hydrogen) atoms. The first kappa shape index (κ1) is 16.2. The first-order chi connectivity index (χ1) is 12.8. The number of carbonyl (C=O) groups is 1. The predicted octanol–water partition coefficient (Wildman–Crippen LogP) is 4.03. The van der Waals surface area contributed by atoms with E-state index in [1.807, 2.05) is 35.0 Å². The van der Waals surface area contributed by atoms with E-state index in [2.05, 4.69) is 22.3 Å². The number of hydrogen-bond donors (Lipinski definition) is 1. The number of nitrogens with one attached hydrogen (secondary N) is 1. The molecule has 3 heterocycles. The van der Waals surface area contributed by atoms with E-state index in [-0.39, 0.29) is 5.91 Å². The van der Waals surface area contributed by atoms with Gasteiger partial charge in [-0.3, -0.25) is 9.78 Å². The van der Waals surface area contributed by atoms with Crippen molar-refractivity contribution in [1.82, 2.24) is 19.7 Å². The summed E-state index contributed by atoms with van der Waals surface area (Å²) in [6.45, 7) is 2.91. The number of amides is 1. The summed E-state index contributed by atoms with van der Waals surface area (Å²) in [5.41, 5.74) is 2.26. The van der Waals surface area contributed by atoms with Crippen molar-refractivity contribution in [3.8, 4) is 0 Å². The lowest BCUT2D eigenvalue weighted by Gasteiger charge is -2.02. The fourth-order valence-electron chi connectivity index (χ4n) is 2.94. The fraction of sp³-hybridized carbons (Fsp3) is 0.200. The Bertz CT molecular complexity index is 1070. The van der Waals surface area contributed by atoms with Gasteiger partial charge in [-0.15, -0.1) is 0 Å². The van der Waals surface area contributed by atoms with E-state index in [0.717, 1.165) is 41.3 Å². The van der Waals surface area contributed by atoms with Crippen LogP contribution in [0.15, 0.2) is 54.9 Å². The summed E-state index contributed by atoms with van der Waals surface area (Å²) in [5, 5.41) is 9.42. The van der Waals surface area contributed by atoms with Gasteiger partial charge in [0.15, 0.2) is 11.5 Å². The Morgan fingerprint density at radius 2 is 1.96 bits per heavy atom. The molecule has 0 aliphatic carbocycles. The van der Waals surface area contributed by atoms with E-state index in [1.54, 1.807) is 24.5 Å². The van der Waals surface area contributed by atoms with Gasteiger partial charge in [0.1, 0.15) is 0 Å². The van der Waals surface area contributed by atoms with Gasteiger partial charge in [-0.25, -0.2) is 9.67 Å². The average molecular weight is 345 g/mol. The van der Waals surface area contributed by atoms with Gasteiger partial charge in [0.2, 0.25) is 0 Å². The maximum absolute atomic E-state index is 12.5. The Balaban J connectivity index is 1.80. The highest BCUT2D eigenvalue weighted by Gasteiger charge is 2.16. The summed E-state index contributed by atoms with van der Waals surface area (Å²) in [6, 6.07) is 13.3. The number of rotatable bonds is 5. The smallest absolute Gasteiger partial charge is 0.256 e. The Morgan fingerprint density at radius 1 is 1.15 bits per heavy atom. The first-order valence-electron chi connectivity index (χ1n) is 8.74. The van der Waals surface area contributed by atoms with Gasteiger partial charge in [0.05, 0.1) is 10.9 Å². The lowest BCUT2D eigenvalue weighted by atomic mass is 10.2. The average Bonchev–Trinajstić information content (AvgIpc) is 3.01. The minimum Gasteiger partial charge on any atom is -0.304 e. The molecule has 0 atom stereocenters. The van der Waals surface area contributed by atoms with Crippen molar-refractivity contribution in [2.75, 3.05) is 5.32 Å². The molecule has 6 heteroatoms. The highest BCUT2D eigenvalue weighted by atomic mass is 16.1. The van der Waals surface area contributed by atoms with E-state index in [1.165, 1.54) is 0 Å². The third kappa shape index (κ3) is 3.01. The molecular formula is C20H19N5O. The van der Waals surface area contributed by atoms with Crippen molar-refractivity contribution >= 4 is 33.7 Å². The molecular weight excluding hydrogens is 326 g/mol. The molecule has 0 unspecified atom stereocenters. The third-order valence-electron chi connectivity index (χ3n) is 4.32. The van der Waals surface area contributed by atoms with Crippen LogP contribution in [0.3, 0.4) is 0 Å². The quantitative estimate of drug-likeness (QED) is 0.593. The van der Waals surface area contributed by atoms with Gasteiger partial charge in [0, 0.05) is 29.9 Å². The number of aryl methyl sites for hydroxylation is 1. The van der Waals surface area contributed by atoms with Crippen LogP contribution in [-0.2, 0) is 6.54 Å². The van der Waals surface area contributed by atoms with Gasteiger partial charge in [-0.05, 0) is 30.7 Å². The number of carbonyl (C=O) groups excluding carboxylic acids is 1. The van der Waals surface area contributed by atoms with Gasteiger partial charge in [-0.2, -0.15) is 5.10 Å². The van der Waals surface area contributed by atoms with Crippen LogP contribution in [0, 0.1) is 0 Å². The topological polar surface area (TPSA) is 72.7 Å². The number of aromatic nitrogens is 4. The maximum Gasteiger partial charge on any atom is 0.256 e. The number of unbranched alkanes of at least 4 members (excludes halogenated alkanes) is 1. The zero-order chi connectivity index (χ0) is 17.9. The highest BCUT2D eigenvalue weighted by Crippen LogP contribution is 2.26. The summed E-state index contributed by atoms with van der Waals surface area (Å²) in [6.07, 6.45) is 5.26. The van der Waals surface area contributed by atoms with E-state index in [4.69, 9.17) is 4.98 Å². The fourth-order valence-corrected chi connectivity index (χ4v) is 2.94. The standard InChI is InChI=1S/C20H19N5O/c1-2-3-12-25-19-16(13-15-6-4-5-7-17(15)22-19)18(24-25)23-20(26)14-8-10-21-11-9-14/h4-11,13H,2-3,12H2,1H3,(H,23,24,26). The minimum atomic E-state index is -0.206. The molecule has 6 nitrogen and oxygen atoms in total. The van der Waals surface area contributed by atoms with Crippen LogP contribution in [0.4, 0.5) is 5.82 Å². The summed E-state index contributed by atoms with van der Waals surface area (Å²) < 4.78 is 1.88. The molecule has 0 bridgehead atoms. The maximum atomic E-state index is 12.5. The largest absolute Gasteiger partial charge is 0.304 e. The Kier molecular flexibility index (Phi) is 4.31. The Labute approximate surface area is 150 Å². The SMILES string of the molecule is CCCCn1nc(NC(=O)c2ccncc2)c2cc3ccccc3nc21. The molecule has 1 amide bonds. The molecule has 0 radical (unpaired) electrons. The first-order valence-corrected chi connectivity index (χ1v) is 8.74. The molecule has 0 saturated carbocycles. The lowest BCUT2D eigenvalue weighted by molar-refractivity contribution is 0.102. The van der Waals surface area contributed by atoms with Gasteiger partial charge < -0.3 is 5.32 Å². The molecule has 4 aromatic rings. The van der Waals surface area contributed by atoms with Crippen molar-refractivity contribution in [2.45, 2.75) is 26.3 Å². The van der Waals surface area contributed by atoms with Crippen LogP contribution in [0.25, 0.3) is 21.9 Å². The van der Waals surface area contributed by atoms with Crippen LogP contribution in [0.1, 0.15) is 30.1 Å². The molecule has 130 valence electrons. The molecule has 1 aromatic carbocycles. The summed E-state index contributed by atoms with van der Waals surface area (Å²) in [7, 11) is 0. The molecule has 4 rings (SSSR count). The molecule has 3 aromatic heterocycles. The van der Waals surface area contributed by atoms with Gasteiger partial charge in [0.25, 0.3) is 5.91 Å². The Hall–Kier alpha value is -3.28. The number of para-hydroxylation sites is 1. The van der Waals surface area contributed by atoms with Gasteiger partial charge in [-0.1, -0.05) is 31.5 Å². The van der Waals surface area contributed by atoms with Crippen molar-refractivity contribution in [1.29, 1.82) is 0 Å². The van der Waals surface area contributed by atoms with Crippen LogP contribution < -0.4 is 5.32 Å². The predicted molar refractivity (Wildman–Crippen MR) is 102 cm³/mol. The van der Waals surface area contributed by atoms with Crippen LogP contribution in [0.5, 0.6) is 0 Å². The molecule has 0 aliphatic rings. The number of hydrogen-bond acceptors (Lipinski definition) is 4. The van der Waals surface area contributed by atoms with Crippen LogP contribution >= 0.6 is 0 Å². The third-order valence-corrected chi connectivity index (χ3v) is 4.32. The van der Waals surface area contributed by atoms with Crippen molar-refractivity contribution in [3.05, 3.63) is 60.4 Å². The zero-order valence-electron chi connectivity index (χ0n) is 14.5. The summed E-state index contributed by atoms with van der Waals surface area (Å²) in [4.78, 5) is 21.3. The monoisotopic (exact) mass is 345 g/mol. The summed E-state index contributed by atoms with van der Waals surface area (Å²) in [5.74, 6) is 0.332. The van der Waals surface area contributed by atoms with E-state index in [9.17, 15) is 4.79 Å². The minimum absolute atomic E-state index is 0.206. The van der Waals surface area contributed by atoms with Crippen LogP contribution in [-0.4, -0.2) is 25.7 Å². The molecule has 0 fully saturated rings. The number of pyridine rings is 2. The molecule has 1 N–H and O–H groups in total. The van der Waals surface area contributed by atoms with Crippen molar-refractivity contribution < 1.29 is 4.79 Å². The highest BCUT2D eigenvalue weighted by molar-refractivity contribution is 6.08. The lowest BCUT2D eigenvalue weighted by Crippen LogP contribution is -2.13. The van der Waals surface area contributed by atoms with E-state index < -0.39 is 0 Å². The Morgan fingerprint density at radius 3 is 2.77 bits per heavy atom. The van der Waals surface area contributed by atoms with E-state index >= 15 is 0 Å². The second-order valence-electron chi connectivity index (χ2n) is 6.17. The van der Waals surface area contributed by atoms with E-state index in [0.29, 0.717) is 11.4 Å². The number of fused-ring (bicyclic) bond motifs is 2. The van der Waals surface area contributed by atoms with Crippen molar-refractivity contribution in [3.63, 3.8) is 0 Å². The number of anilines is 1. The second-order valence-corrected chi connectivity index (χ2v) is 6.17. The normalized spacial score (nSPS) is 11.1. The second kappa shape index (κ2) is 6.92. The van der Waals surface area contributed by atoms with Gasteiger partial charge >= 0.3 is 0 Å².